The third-order valence-corrected chi connectivity index (χ3v) is 3.78. The highest BCUT2D eigenvalue weighted by atomic mass is 16.3. The normalized spacial score (nSPS) is 16.6. The fourth-order valence-corrected chi connectivity index (χ4v) is 2.63. The van der Waals surface area contributed by atoms with Gasteiger partial charge in [-0.25, -0.2) is 0 Å². The van der Waals surface area contributed by atoms with Crippen molar-refractivity contribution in [3.8, 4) is 0 Å². The number of aliphatic hydroxyl groups is 1. The van der Waals surface area contributed by atoms with Crippen molar-refractivity contribution in [3.05, 3.63) is 59.7 Å². The molecule has 0 radical (unpaired) electrons. The lowest BCUT2D eigenvalue weighted by molar-refractivity contribution is -0.141. The van der Waals surface area contributed by atoms with Gasteiger partial charge in [0.25, 0.3) is 5.91 Å². The second kappa shape index (κ2) is 7.38. The number of hydrogen-bond acceptors (Lipinski definition) is 3. The molecule has 1 aromatic rings. The minimum Gasteiger partial charge on any atom is -0.372 e. The number of hydrogen-bond donors (Lipinski definition) is 2. The summed E-state index contributed by atoms with van der Waals surface area (Å²) in [7, 11) is 0. The van der Waals surface area contributed by atoms with Gasteiger partial charge in [0.1, 0.15) is 0 Å². The summed E-state index contributed by atoms with van der Waals surface area (Å²) >= 11 is 0. The van der Waals surface area contributed by atoms with Crippen LogP contribution >= 0.6 is 0 Å². The van der Waals surface area contributed by atoms with Crippen LogP contribution < -0.4 is 5.32 Å². The maximum Gasteiger partial charge on any atom is 0.267 e. The molecule has 122 valence electrons. The average molecular weight is 313 g/mol. The molecule has 2 amide bonds. The van der Waals surface area contributed by atoms with Crippen LogP contribution in [-0.4, -0.2) is 16.9 Å². The van der Waals surface area contributed by atoms with Gasteiger partial charge in [-0.15, -0.1) is 0 Å². The first-order valence-corrected chi connectivity index (χ1v) is 7.94. The molecule has 0 heterocycles. The van der Waals surface area contributed by atoms with Gasteiger partial charge in [0, 0.05) is 6.42 Å². The molecule has 0 aromatic heterocycles. The van der Waals surface area contributed by atoms with Crippen LogP contribution in [0.4, 0.5) is 0 Å². The van der Waals surface area contributed by atoms with Crippen molar-refractivity contribution >= 4 is 11.8 Å². The minimum absolute atomic E-state index is 0.140. The minimum atomic E-state index is -1.86. The van der Waals surface area contributed by atoms with Gasteiger partial charge >= 0.3 is 0 Å². The van der Waals surface area contributed by atoms with Gasteiger partial charge in [-0.2, -0.15) is 0 Å². The van der Waals surface area contributed by atoms with Crippen molar-refractivity contribution in [2.24, 2.45) is 5.92 Å². The van der Waals surface area contributed by atoms with Gasteiger partial charge in [-0.05, 0) is 29.9 Å². The lowest BCUT2D eigenvalue weighted by Gasteiger charge is -2.29. The average Bonchev–Trinajstić information content (AvgIpc) is 2.54. The first-order chi connectivity index (χ1) is 10.9. The van der Waals surface area contributed by atoms with E-state index in [1.54, 1.807) is 30.3 Å². The van der Waals surface area contributed by atoms with Crippen molar-refractivity contribution in [2.45, 2.75) is 38.7 Å². The highest BCUT2D eigenvalue weighted by molar-refractivity contribution is 6.01. The Kier molecular flexibility index (Phi) is 5.50. The summed E-state index contributed by atoms with van der Waals surface area (Å²) in [5, 5.41) is 13.5. The largest absolute Gasteiger partial charge is 0.372 e. The first kappa shape index (κ1) is 17.2. The predicted octanol–water partition coefficient (Wildman–Crippen LogP) is 2.84. The topological polar surface area (TPSA) is 66.4 Å². The summed E-state index contributed by atoms with van der Waals surface area (Å²) in [6.45, 7) is 3.81. The molecule has 0 spiro atoms. The van der Waals surface area contributed by atoms with Crippen molar-refractivity contribution in [1.82, 2.24) is 5.32 Å². The maximum atomic E-state index is 12.7. The number of nitrogens with one attached hydrogen (secondary N) is 1. The second-order valence-corrected chi connectivity index (χ2v) is 6.19. The fraction of sp³-hybridized carbons (Fsp3) is 0.368. The van der Waals surface area contributed by atoms with Crippen molar-refractivity contribution in [1.29, 1.82) is 0 Å². The van der Waals surface area contributed by atoms with Crippen LogP contribution in [0.1, 0.15) is 38.7 Å². The van der Waals surface area contributed by atoms with Crippen LogP contribution in [0, 0.1) is 5.92 Å². The third kappa shape index (κ3) is 3.96. The van der Waals surface area contributed by atoms with E-state index >= 15 is 0 Å². The van der Waals surface area contributed by atoms with Crippen LogP contribution in [0.3, 0.4) is 0 Å². The highest BCUT2D eigenvalue weighted by Crippen LogP contribution is 2.33. The van der Waals surface area contributed by atoms with E-state index in [-0.39, 0.29) is 18.2 Å². The number of imide groups is 1. The third-order valence-electron chi connectivity index (χ3n) is 3.78. The molecule has 2 rings (SSSR count). The molecule has 0 saturated carbocycles. The molecule has 0 bridgehead atoms. The smallest absolute Gasteiger partial charge is 0.267 e. The van der Waals surface area contributed by atoms with E-state index in [4.69, 9.17) is 0 Å². The van der Waals surface area contributed by atoms with E-state index in [9.17, 15) is 14.7 Å². The zero-order valence-corrected chi connectivity index (χ0v) is 13.6. The Balaban J connectivity index is 2.34. The first-order valence-electron chi connectivity index (χ1n) is 7.94. The molecule has 23 heavy (non-hydrogen) atoms. The van der Waals surface area contributed by atoms with Gasteiger partial charge in [0.05, 0.1) is 0 Å². The summed E-state index contributed by atoms with van der Waals surface area (Å²) in [5.41, 5.74) is -0.900. The lowest BCUT2D eigenvalue weighted by atomic mass is 9.82. The molecule has 4 heteroatoms. The standard InChI is InChI=1S/C19H23NO3/c1-14(2)13-17(21)20-18(22)19(23,15-9-5-3-6-10-15)16-11-7-4-8-12-16/h3,5-7,9-12,14,23H,4,8,13H2,1-2H3,(H,20,21,22). The van der Waals surface area contributed by atoms with E-state index in [1.807, 2.05) is 32.1 Å². The summed E-state index contributed by atoms with van der Waals surface area (Å²) in [6, 6.07) is 8.72. The molecule has 1 unspecified atom stereocenters. The molecule has 0 fully saturated rings. The molecule has 1 atom stereocenters. The number of carbonyl (C=O) groups excluding carboxylic acids is 2. The molecule has 1 aliphatic carbocycles. The zero-order chi connectivity index (χ0) is 16.9. The van der Waals surface area contributed by atoms with Crippen LogP contribution in [0.5, 0.6) is 0 Å². The fourth-order valence-electron chi connectivity index (χ4n) is 2.63. The Morgan fingerprint density at radius 2 is 1.91 bits per heavy atom. The van der Waals surface area contributed by atoms with Crippen molar-refractivity contribution < 1.29 is 14.7 Å². The van der Waals surface area contributed by atoms with E-state index in [1.165, 1.54) is 0 Å². The molecule has 0 aliphatic heterocycles. The molecule has 1 aliphatic rings. The molecule has 1 aromatic carbocycles. The summed E-state index contributed by atoms with van der Waals surface area (Å²) in [6.07, 6.45) is 7.40. The molecule has 4 nitrogen and oxygen atoms in total. The molecule has 0 saturated heterocycles. The number of amides is 2. The maximum absolute atomic E-state index is 12.7. The number of benzene rings is 1. The highest BCUT2D eigenvalue weighted by Gasteiger charge is 2.41. The van der Waals surface area contributed by atoms with Crippen LogP contribution in [0.2, 0.25) is 0 Å². The van der Waals surface area contributed by atoms with E-state index in [0.29, 0.717) is 11.1 Å². The Morgan fingerprint density at radius 3 is 2.48 bits per heavy atom. The van der Waals surface area contributed by atoms with Gasteiger partial charge in [0.2, 0.25) is 5.91 Å². The zero-order valence-electron chi connectivity index (χ0n) is 13.6. The van der Waals surface area contributed by atoms with Crippen LogP contribution in [0.15, 0.2) is 54.1 Å². The lowest BCUT2D eigenvalue weighted by Crippen LogP contribution is -2.48. The van der Waals surface area contributed by atoms with E-state index < -0.39 is 11.5 Å². The molecular weight excluding hydrogens is 290 g/mol. The summed E-state index contributed by atoms with van der Waals surface area (Å²) in [5.74, 6) is -0.937. The van der Waals surface area contributed by atoms with Crippen molar-refractivity contribution in [2.75, 3.05) is 0 Å². The SMILES string of the molecule is CC(C)CC(=O)NC(=O)C(O)(C1=CCCC=C1)c1ccccc1. The quantitative estimate of drug-likeness (QED) is 0.878. The monoisotopic (exact) mass is 313 g/mol. The number of rotatable bonds is 5. The number of carbonyl (C=O) groups is 2. The Hall–Kier alpha value is -2.20. The van der Waals surface area contributed by atoms with E-state index in [2.05, 4.69) is 5.32 Å². The Labute approximate surface area is 136 Å². The van der Waals surface area contributed by atoms with Crippen LogP contribution in [0.25, 0.3) is 0 Å². The van der Waals surface area contributed by atoms with Gasteiger partial charge in [-0.3, -0.25) is 14.9 Å². The predicted molar refractivity (Wildman–Crippen MR) is 89.4 cm³/mol. The van der Waals surface area contributed by atoms with E-state index in [0.717, 1.165) is 12.8 Å². The molecular formula is C19H23NO3. The number of allylic oxidation sites excluding steroid dienone is 2. The van der Waals surface area contributed by atoms with Crippen LogP contribution in [-0.2, 0) is 15.2 Å². The summed E-state index contributed by atoms with van der Waals surface area (Å²) in [4.78, 5) is 24.6. The van der Waals surface area contributed by atoms with Gasteiger partial charge in [0.15, 0.2) is 5.60 Å². The summed E-state index contributed by atoms with van der Waals surface area (Å²) < 4.78 is 0. The van der Waals surface area contributed by atoms with Gasteiger partial charge in [-0.1, -0.05) is 62.4 Å². The van der Waals surface area contributed by atoms with Crippen molar-refractivity contribution in [3.63, 3.8) is 0 Å². The molecule has 2 N–H and O–H groups in total. The Morgan fingerprint density at radius 1 is 1.22 bits per heavy atom. The second-order valence-electron chi connectivity index (χ2n) is 6.19. The van der Waals surface area contributed by atoms with Gasteiger partial charge < -0.3 is 5.11 Å². The Bertz CT molecular complexity index is 631.